The Bertz CT molecular complexity index is 616. The van der Waals surface area contributed by atoms with Gasteiger partial charge in [-0.25, -0.2) is 4.79 Å². The molecule has 1 fully saturated rings. The number of hydrogen-bond acceptors (Lipinski definition) is 5. The third-order valence-corrected chi connectivity index (χ3v) is 3.72. The number of amides is 1. The molecule has 1 aromatic carbocycles. The molecule has 21 heavy (non-hydrogen) atoms. The largest absolute Gasteiger partial charge is 0.480 e. The molecule has 8 heteroatoms. The fourth-order valence-electron chi connectivity index (χ4n) is 2.65. The number of carbonyl (C=O) groups excluding carboxylic acids is 1. The van der Waals surface area contributed by atoms with Gasteiger partial charge in [-0.15, -0.1) is 0 Å². The zero-order valence-corrected chi connectivity index (χ0v) is 11.4. The summed E-state index contributed by atoms with van der Waals surface area (Å²) in [6.07, 6.45) is 0.606. The molecule has 1 aromatic rings. The Kier molecular flexibility index (Phi) is 3.79. The highest BCUT2D eigenvalue weighted by Crippen LogP contribution is 2.36. The van der Waals surface area contributed by atoms with Gasteiger partial charge < -0.3 is 15.7 Å². The summed E-state index contributed by atoms with van der Waals surface area (Å²) in [5.41, 5.74) is 5.18. The van der Waals surface area contributed by atoms with E-state index in [2.05, 4.69) is 0 Å². The average Bonchev–Trinajstić information content (AvgIpc) is 2.79. The number of carbonyl (C=O) groups is 2. The van der Waals surface area contributed by atoms with E-state index in [-0.39, 0.29) is 22.9 Å². The molecule has 0 radical (unpaired) electrons. The molecule has 2 unspecified atom stereocenters. The number of rotatable bonds is 4. The first-order valence-corrected chi connectivity index (χ1v) is 6.40. The van der Waals surface area contributed by atoms with Crippen LogP contribution in [0.4, 0.5) is 11.4 Å². The predicted molar refractivity (Wildman–Crippen MR) is 74.2 cm³/mol. The lowest BCUT2D eigenvalue weighted by atomic mass is 10.0. The molecule has 0 saturated carbocycles. The van der Waals surface area contributed by atoms with Crippen molar-refractivity contribution in [2.24, 2.45) is 11.7 Å². The molecule has 2 atom stereocenters. The Balaban J connectivity index is 2.55. The number of carboxylic acid groups (broad SMARTS) is 1. The third kappa shape index (κ3) is 2.64. The number of benzene rings is 1. The standard InChI is InChI=1S/C13H15N3O5/c1-7-4-5-15(11(7)13(18)19)10-6-8(12(14)17)2-3-9(10)16(20)21/h2-3,6-7,11H,4-5H2,1H3,(H2,14,17)(H,18,19). The summed E-state index contributed by atoms with van der Waals surface area (Å²) in [6, 6.07) is 2.87. The second kappa shape index (κ2) is 5.39. The molecule has 0 aliphatic carbocycles. The van der Waals surface area contributed by atoms with E-state index in [9.17, 15) is 24.8 Å². The quantitative estimate of drug-likeness (QED) is 0.629. The normalized spacial score (nSPS) is 21.3. The minimum absolute atomic E-state index is 0.110. The summed E-state index contributed by atoms with van der Waals surface area (Å²) >= 11 is 0. The van der Waals surface area contributed by atoms with Crippen molar-refractivity contribution in [3.8, 4) is 0 Å². The van der Waals surface area contributed by atoms with Gasteiger partial charge >= 0.3 is 5.97 Å². The lowest BCUT2D eigenvalue weighted by molar-refractivity contribution is -0.384. The van der Waals surface area contributed by atoms with E-state index in [1.165, 1.54) is 23.1 Å². The predicted octanol–water partition coefficient (Wildman–Crippen LogP) is 0.993. The molecule has 1 amide bonds. The van der Waals surface area contributed by atoms with Gasteiger partial charge in [0.05, 0.1) is 4.92 Å². The van der Waals surface area contributed by atoms with Crippen LogP contribution >= 0.6 is 0 Å². The Morgan fingerprint density at radius 1 is 1.48 bits per heavy atom. The SMILES string of the molecule is CC1CCN(c2cc(C(N)=O)ccc2[N+](=O)[O-])C1C(=O)O. The van der Waals surface area contributed by atoms with Crippen LogP contribution in [0, 0.1) is 16.0 Å². The van der Waals surface area contributed by atoms with Crippen molar-refractivity contribution >= 4 is 23.3 Å². The first-order valence-electron chi connectivity index (χ1n) is 6.40. The first-order chi connectivity index (χ1) is 9.82. The Labute approximate surface area is 120 Å². The van der Waals surface area contributed by atoms with Crippen LogP contribution in [0.2, 0.25) is 0 Å². The molecule has 8 nitrogen and oxygen atoms in total. The maximum atomic E-state index is 11.4. The summed E-state index contributed by atoms with van der Waals surface area (Å²) in [5.74, 6) is -1.90. The number of aliphatic carboxylic acids is 1. The van der Waals surface area contributed by atoms with E-state index < -0.39 is 22.8 Å². The monoisotopic (exact) mass is 293 g/mol. The molecule has 2 rings (SSSR count). The van der Waals surface area contributed by atoms with Gasteiger partial charge in [0.25, 0.3) is 5.69 Å². The van der Waals surface area contributed by atoms with E-state index in [1.807, 2.05) is 0 Å². The summed E-state index contributed by atoms with van der Waals surface area (Å²) < 4.78 is 0. The molecule has 1 saturated heterocycles. The fraction of sp³-hybridized carbons (Fsp3) is 0.385. The second-order valence-electron chi connectivity index (χ2n) is 5.07. The number of nitrogens with two attached hydrogens (primary N) is 1. The summed E-state index contributed by atoms with van der Waals surface area (Å²) in [5, 5.41) is 20.5. The minimum Gasteiger partial charge on any atom is -0.480 e. The molecule has 0 bridgehead atoms. The van der Waals surface area contributed by atoms with Crippen LogP contribution in [-0.2, 0) is 4.79 Å². The Morgan fingerprint density at radius 2 is 2.14 bits per heavy atom. The zero-order valence-electron chi connectivity index (χ0n) is 11.4. The number of nitrogens with zero attached hydrogens (tertiary/aromatic N) is 2. The Hall–Kier alpha value is -2.64. The number of nitro benzene ring substituents is 1. The van der Waals surface area contributed by atoms with Crippen LogP contribution < -0.4 is 10.6 Å². The molecule has 112 valence electrons. The molecule has 0 aromatic heterocycles. The van der Waals surface area contributed by atoms with E-state index in [4.69, 9.17) is 5.73 Å². The highest BCUT2D eigenvalue weighted by molar-refractivity contribution is 5.95. The summed E-state index contributed by atoms with van der Waals surface area (Å²) in [7, 11) is 0. The van der Waals surface area contributed by atoms with Crippen molar-refractivity contribution in [2.45, 2.75) is 19.4 Å². The van der Waals surface area contributed by atoms with Crippen LogP contribution in [0.1, 0.15) is 23.7 Å². The van der Waals surface area contributed by atoms with Gasteiger partial charge in [0.15, 0.2) is 0 Å². The van der Waals surface area contributed by atoms with Crippen molar-refractivity contribution in [1.82, 2.24) is 0 Å². The Morgan fingerprint density at radius 3 is 2.67 bits per heavy atom. The molecule has 3 N–H and O–H groups in total. The van der Waals surface area contributed by atoms with Crippen molar-refractivity contribution in [1.29, 1.82) is 0 Å². The molecular weight excluding hydrogens is 278 g/mol. The smallest absolute Gasteiger partial charge is 0.326 e. The molecule has 1 aliphatic rings. The molecular formula is C13H15N3O5. The van der Waals surface area contributed by atoms with Crippen LogP contribution in [0.15, 0.2) is 18.2 Å². The van der Waals surface area contributed by atoms with Gasteiger partial charge in [-0.05, 0) is 24.5 Å². The van der Waals surface area contributed by atoms with Gasteiger partial charge in [0.2, 0.25) is 5.91 Å². The van der Waals surface area contributed by atoms with Gasteiger partial charge in [0.1, 0.15) is 11.7 Å². The van der Waals surface area contributed by atoms with Crippen molar-refractivity contribution in [2.75, 3.05) is 11.4 Å². The highest BCUT2D eigenvalue weighted by atomic mass is 16.6. The highest BCUT2D eigenvalue weighted by Gasteiger charge is 2.39. The van der Waals surface area contributed by atoms with Crippen molar-refractivity contribution in [3.05, 3.63) is 33.9 Å². The van der Waals surface area contributed by atoms with E-state index in [0.717, 1.165) is 0 Å². The summed E-state index contributed by atoms with van der Waals surface area (Å²) in [4.78, 5) is 34.6. The zero-order chi connectivity index (χ0) is 15.7. The van der Waals surface area contributed by atoms with Gasteiger partial charge in [-0.2, -0.15) is 0 Å². The maximum absolute atomic E-state index is 11.4. The second-order valence-corrected chi connectivity index (χ2v) is 5.07. The van der Waals surface area contributed by atoms with Gasteiger partial charge in [-0.1, -0.05) is 6.92 Å². The molecule has 1 aliphatic heterocycles. The number of primary amides is 1. The lowest BCUT2D eigenvalue weighted by Gasteiger charge is -2.25. The maximum Gasteiger partial charge on any atom is 0.326 e. The van der Waals surface area contributed by atoms with Crippen LogP contribution in [0.5, 0.6) is 0 Å². The van der Waals surface area contributed by atoms with Crippen LogP contribution in [0.3, 0.4) is 0 Å². The fourth-order valence-corrected chi connectivity index (χ4v) is 2.65. The van der Waals surface area contributed by atoms with E-state index >= 15 is 0 Å². The van der Waals surface area contributed by atoms with Gasteiger partial charge in [0, 0.05) is 18.2 Å². The number of carboxylic acids is 1. The van der Waals surface area contributed by atoms with E-state index in [1.54, 1.807) is 6.92 Å². The van der Waals surface area contributed by atoms with E-state index in [0.29, 0.717) is 13.0 Å². The molecule has 1 heterocycles. The summed E-state index contributed by atoms with van der Waals surface area (Å²) in [6.45, 7) is 2.16. The lowest BCUT2D eigenvalue weighted by Crippen LogP contribution is -2.39. The van der Waals surface area contributed by atoms with Crippen molar-refractivity contribution in [3.63, 3.8) is 0 Å². The third-order valence-electron chi connectivity index (χ3n) is 3.72. The van der Waals surface area contributed by atoms with Crippen LogP contribution in [-0.4, -0.2) is 34.5 Å². The van der Waals surface area contributed by atoms with Gasteiger partial charge in [-0.3, -0.25) is 14.9 Å². The number of nitro groups is 1. The average molecular weight is 293 g/mol. The van der Waals surface area contributed by atoms with Crippen LogP contribution in [0.25, 0.3) is 0 Å². The topological polar surface area (TPSA) is 127 Å². The molecule has 0 spiro atoms. The van der Waals surface area contributed by atoms with Crippen molar-refractivity contribution < 1.29 is 19.6 Å². The minimum atomic E-state index is -1.04. The number of anilines is 1. The number of hydrogen-bond donors (Lipinski definition) is 2. The first kappa shape index (κ1) is 14.8.